The summed E-state index contributed by atoms with van der Waals surface area (Å²) in [6.45, 7) is 18.6. The zero-order valence-electron chi connectivity index (χ0n) is 49.0. The third-order valence-electron chi connectivity index (χ3n) is 16.6. The average Bonchev–Trinajstić information content (AvgIpc) is 3.97. The fourth-order valence-electron chi connectivity index (χ4n) is 12.0. The first kappa shape index (κ1) is 58.8. The van der Waals surface area contributed by atoms with Gasteiger partial charge in [-0.2, -0.15) is 5.10 Å². The number of β-amino-alcohol motifs (C(OH)–C–C–N with tert-alkyl or cyclic N) is 1. The third-order valence-corrected chi connectivity index (χ3v) is 18.5. The molecule has 3 aliphatic rings. The smallest absolute Gasteiger partial charge is 0.358 e. The number of esters is 1. The van der Waals surface area contributed by atoms with E-state index in [2.05, 4.69) is 36.9 Å². The number of amides is 4. The van der Waals surface area contributed by atoms with Crippen molar-refractivity contribution in [3.63, 3.8) is 0 Å². The molecule has 1 saturated heterocycles. The quantitative estimate of drug-likeness (QED) is 0.0665. The lowest BCUT2D eigenvalue weighted by atomic mass is 9.71. The number of aromatic nitrogens is 5. The number of hydrogen-bond acceptors (Lipinski definition) is 14. The highest BCUT2D eigenvalue weighted by Crippen LogP contribution is 2.43. The molecule has 4 amide bonds. The Kier molecular flexibility index (Phi) is 17.1. The summed E-state index contributed by atoms with van der Waals surface area (Å²) in [5.41, 5.74) is 8.61. The number of hydrogen-bond donors (Lipinski definition) is 4. The molecule has 0 unspecified atom stereocenters. The molecule has 3 aromatic carbocycles. The molecule has 4 N–H and O–H groups in total. The average molecular weight is 1160 g/mol. The Labute approximate surface area is 493 Å². The summed E-state index contributed by atoms with van der Waals surface area (Å²) in [6.07, 6.45) is 7.23. The standard InChI is InChI=1S/C64H76N10O7S2/c1-38(41-20-22-43(23-21-41)55-39(2)65-37-82-55)67-58(78)50-32-44(75)34-73(50)59(79)56(62(4,5)6)70-53(76)26-30-64(28-13-10-14-29-64)36-74-40(3)47(33-66-74)45-24-25-52(69-54(45)60(80)81-63(7,8)9)72-31-27-42-16-15-17-46(48(42)35-72)57(77)71-61-68-49-18-11-12-19-51(49)83-61/h11-12,15-25,33,37-38,44,50,56,75H,10,13-14,26-32,34-36H2,1-9H3,(H,67,78)(H,70,76)(H,68,71,77)/t38-,44+,50-,56+/m0/s1. The van der Waals surface area contributed by atoms with Crippen LogP contribution in [0.15, 0.2) is 90.6 Å². The summed E-state index contributed by atoms with van der Waals surface area (Å²) in [5, 5.41) is 25.6. The summed E-state index contributed by atoms with van der Waals surface area (Å²) in [7, 11) is 0. The van der Waals surface area contributed by atoms with E-state index in [1.807, 2.05) is 145 Å². The fraction of sp³-hybridized carbons (Fsp3) is 0.453. The number of ether oxygens (including phenoxy) is 1. The molecule has 4 aromatic heterocycles. The number of pyridine rings is 1. The van der Waals surface area contributed by atoms with Gasteiger partial charge >= 0.3 is 5.97 Å². The molecule has 0 bridgehead atoms. The van der Waals surface area contributed by atoms with Crippen molar-refractivity contribution in [1.82, 2.24) is 40.3 Å². The van der Waals surface area contributed by atoms with Gasteiger partial charge in [0.1, 0.15) is 23.5 Å². The van der Waals surface area contributed by atoms with Crippen LogP contribution in [0.3, 0.4) is 0 Å². The van der Waals surface area contributed by atoms with Crippen LogP contribution in [0.5, 0.6) is 0 Å². The van der Waals surface area contributed by atoms with Gasteiger partial charge in [-0.25, -0.2) is 19.7 Å². The highest BCUT2D eigenvalue weighted by molar-refractivity contribution is 7.22. The molecule has 2 aliphatic heterocycles. The van der Waals surface area contributed by atoms with Gasteiger partial charge in [0.15, 0.2) is 10.8 Å². The predicted molar refractivity (Wildman–Crippen MR) is 325 cm³/mol. The number of anilines is 2. The number of benzene rings is 3. The second-order valence-corrected chi connectivity index (χ2v) is 26.8. The van der Waals surface area contributed by atoms with E-state index >= 15 is 0 Å². The number of carbonyl (C=O) groups is 5. The van der Waals surface area contributed by atoms with Crippen LogP contribution >= 0.6 is 22.7 Å². The van der Waals surface area contributed by atoms with E-state index in [0.29, 0.717) is 54.6 Å². The lowest BCUT2D eigenvalue weighted by Crippen LogP contribution is -2.58. The van der Waals surface area contributed by atoms with E-state index in [9.17, 15) is 29.1 Å². The van der Waals surface area contributed by atoms with E-state index in [1.165, 1.54) is 16.2 Å². The molecule has 19 heteroatoms. The van der Waals surface area contributed by atoms with Gasteiger partial charge in [-0.1, -0.05) is 99.9 Å². The molecule has 436 valence electrons. The van der Waals surface area contributed by atoms with Gasteiger partial charge in [0.25, 0.3) is 5.91 Å². The van der Waals surface area contributed by atoms with Gasteiger partial charge in [-0.05, 0) is 131 Å². The Bertz CT molecular complexity index is 3520. The van der Waals surface area contributed by atoms with Crippen LogP contribution in [0.25, 0.3) is 31.8 Å². The minimum Gasteiger partial charge on any atom is -0.455 e. The van der Waals surface area contributed by atoms with Gasteiger partial charge in [-0.15, -0.1) is 11.3 Å². The second-order valence-electron chi connectivity index (χ2n) is 24.9. The van der Waals surface area contributed by atoms with E-state index in [4.69, 9.17) is 14.8 Å². The summed E-state index contributed by atoms with van der Waals surface area (Å²) >= 11 is 3.01. The van der Waals surface area contributed by atoms with Crippen molar-refractivity contribution in [1.29, 1.82) is 0 Å². The minimum absolute atomic E-state index is 0.0203. The third kappa shape index (κ3) is 13.2. The molecule has 2 fully saturated rings. The number of likely N-dealkylation sites (tertiary alicyclic amines) is 1. The molecular weight excluding hydrogens is 1080 g/mol. The summed E-state index contributed by atoms with van der Waals surface area (Å²) in [5.74, 6) is -1.25. The molecule has 83 heavy (non-hydrogen) atoms. The number of para-hydroxylation sites is 1. The van der Waals surface area contributed by atoms with Gasteiger partial charge in [0, 0.05) is 61.4 Å². The van der Waals surface area contributed by atoms with Crippen LogP contribution in [0.4, 0.5) is 10.9 Å². The molecular formula is C64H76N10O7S2. The molecule has 0 radical (unpaired) electrons. The van der Waals surface area contributed by atoms with Crippen LogP contribution in [0, 0.1) is 24.7 Å². The Hall–Kier alpha value is -7.35. The Morgan fingerprint density at radius 2 is 1.64 bits per heavy atom. The van der Waals surface area contributed by atoms with E-state index in [1.54, 1.807) is 17.5 Å². The summed E-state index contributed by atoms with van der Waals surface area (Å²) in [6, 6.07) is 23.2. The van der Waals surface area contributed by atoms with Crippen LogP contribution in [0.1, 0.15) is 155 Å². The van der Waals surface area contributed by atoms with Crippen molar-refractivity contribution < 1.29 is 33.8 Å². The maximum absolute atomic E-state index is 14.6. The molecule has 1 saturated carbocycles. The maximum Gasteiger partial charge on any atom is 0.358 e. The number of carbonyl (C=O) groups excluding carboxylic acids is 5. The zero-order valence-corrected chi connectivity index (χ0v) is 50.6. The van der Waals surface area contributed by atoms with Crippen LogP contribution in [-0.4, -0.2) is 101 Å². The number of nitrogens with one attached hydrogen (secondary N) is 3. The number of aliphatic hydroxyl groups excluding tert-OH is 1. The fourth-order valence-corrected chi connectivity index (χ4v) is 13.7. The summed E-state index contributed by atoms with van der Waals surface area (Å²) < 4.78 is 8.98. The monoisotopic (exact) mass is 1160 g/mol. The first-order valence-electron chi connectivity index (χ1n) is 28.9. The van der Waals surface area contributed by atoms with Gasteiger partial charge in [-0.3, -0.25) is 29.2 Å². The number of nitrogens with zero attached hydrogens (tertiary/aromatic N) is 7. The van der Waals surface area contributed by atoms with Crippen molar-refractivity contribution in [2.24, 2.45) is 10.8 Å². The van der Waals surface area contributed by atoms with Crippen molar-refractivity contribution in [3.8, 4) is 21.6 Å². The molecule has 0 spiro atoms. The largest absolute Gasteiger partial charge is 0.455 e. The van der Waals surface area contributed by atoms with Crippen molar-refractivity contribution in [3.05, 3.63) is 130 Å². The Morgan fingerprint density at radius 3 is 2.35 bits per heavy atom. The zero-order chi connectivity index (χ0) is 59.0. The normalized spacial score (nSPS) is 17.9. The topological polar surface area (TPSA) is 214 Å². The second kappa shape index (κ2) is 24.1. The Balaban J connectivity index is 0.825. The van der Waals surface area contributed by atoms with Gasteiger partial charge in [0.05, 0.1) is 44.6 Å². The number of aliphatic hydroxyl groups is 1. The summed E-state index contributed by atoms with van der Waals surface area (Å²) in [4.78, 5) is 89.7. The van der Waals surface area contributed by atoms with Crippen molar-refractivity contribution >= 4 is 73.4 Å². The van der Waals surface area contributed by atoms with E-state index < -0.39 is 41.1 Å². The lowest BCUT2D eigenvalue weighted by Gasteiger charge is -2.38. The molecule has 6 heterocycles. The predicted octanol–water partition coefficient (Wildman–Crippen LogP) is 11.2. The highest BCUT2D eigenvalue weighted by atomic mass is 32.1. The highest BCUT2D eigenvalue weighted by Gasteiger charge is 2.45. The lowest BCUT2D eigenvalue weighted by molar-refractivity contribution is -0.144. The number of rotatable bonds is 16. The van der Waals surface area contributed by atoms with Crippen LogP contribution in [-0.2, 0) is 38.6 Å². The maximum atomic E-state index is 14.6. The molecule has 1 aliphatic carbocycles. The SMILES string of the molecule is Cc1ncsc1-c1ccc([C@H](C)NC(=O)[C@@H]2C[C@@H](O)CN2C(=O)[C@@H](NC(=O)CCC2(Cn3ncc(-c4ccc(N5CCc6cccc(C(=O)Nc7nc8ccccc8s7)c6C5)nc4C(=O)OC(C)(C)C)c3C)CCCCC2)C(C)(C)C)cc1. The first-order valence-corrected chi connectivity index (χ1v) is 30.6. The number of thiazole rings is 2. The van der Waals surface area contributed by atoms with Crippen molar-refractivity contribution in [2.45, 2.75) is 163 Å². The van der Waals surface area contributed by atoms with Crippen LogP contribution < -0.4 is 20.9 Å². The van der Waals surface area contributed by atoms with Gasteiger partial charge in [0.2, 0.25) is 17.7 Å². The number of aryl methyl sites for hydroxylation is 1. The molecule has 7 aromatic rings. The minimum atomic E-state index is -0.960. The number of fused-ring (bicyclic) bond motifs is 2. The van der Waals surface area contributed by atoms with Crippen molar-refractivity contribution in [2.75, 3.05) is 23.3 Å². The molecule has 4 atom stereocenters. The Morgan fingerprint density at radius 1 is 0.880 bits per heavy atom. The first-order chi connectivity index (χ1) is 39.5. The van der Waals surface area contributed by atoms with Crippen LogP contribution in [0.2, 0.25) is 0 Å². The van der Waals surface area contributed by atoms with E-state index in [-0.39, 0.29) is 54.3 Å². The molecule has 10 rings (SSSR count). The van der Waals surface area contributed by atoms with E-state index in [0.717, 1.165) is 86.4 Å². The molecule has 17 nitrogen and oxygen atoms in total. The van der Waals surface area contributed by atoms with Gasteiger partial charge < -0.3 is 30.3 Å².